The molecule has 0 aromatic heterocycles. The summed E-state index contributed by atoms with van der Waals surface area (Å²) in [7, 11) is 0. The van der Waals surface area contributed by atoms with Gasteiger partial charge >= 0.3 is 0 Å². The molecule has 60 valence electrons. The van der Waals surface area contributed by atoms with E-state index in [1.807, 2.05) is 0 Å². The summed E-state index contributed by atoms with van der Waals surface area (Å²) in [6.45, 7) is 0. The molecule has 4 atom stereocenters. The summed E-state index contributed by atoms with van der Waals surface area (Å²) >= 11 is 0. The minimum Gasteiger partial charge on any atom is -0.369 e. The first kappa shape index (κ1) is 6.21. The fraction of sp³-hybridized carbons (Fsp3) is 0.778. The fourth-order valence-electron chi connectivity index (χ4n) is 1.88. The Kier molecular flexibility index (Phi) is 1.17. The molecule has 0 amide bonds. The Hall–Kier alpha value is -0.340. The van der Waals surface area contributed by atoms with Gasteiger partial charge in [-0.3, -0.25) is 0 Å². The third-order valence-electron chi connectivity index (χ3n) is 2.74. The van der Waals surface area contributed by atoms with E-state index in [1.165, 1.54) is 0 Å². The molecule has 0 saturated carbocycles. The quantitative estimate of drug-likeness (QED) is 0.385. The summed E-state index contributed by atoms with van der Waals surface area (Å²) in [5.41, 5.74) is 0. The molecule has 0 radical (unpaired) electrons. The lowest BCUT2D eigenvalue weighted by Crippen LogP contribution is -1.99. The summed E-state index contributed by atoms with van der Waals surface area (Å²) in [5, 5.41) is 0. The SMILES string of the molecule is C1=CC[C@H]2O[C@@H]2C[C@@H]2O[C@H]2C1. The van der Waals surface area contributed by atoms with Gasteiger partial charge in [-0.1, -0.05) is 12.2 Å². The van der Waals surface area contributed by atoms with Crippen molar-refractivity contribution in [2.24, 2.45) is 0 Å². The first-order valence-electron chi connectivity index (χ1n) is 4.39. The molecule has 1 aliphatic carbocycles. The van der Waals surface area contributed by atoms with Gasteiger partial charge in [0.2, 0.25) is 0 Å². The molecule has 2 saturated heterocycles. The van der Waals surface area contributed by atoms with Crippen molar-refractivity contribution in [3.05, 3.63) is 12.2 Å². The van der Waals surface area contributed by atoms with Crippen LogP contribution in [0.3, 0.4) is 0 Å². The fourth-order valence-corrected chi connectivity index (χ4v) is 1.88. The number of rotatable bonds is 0. The van der Waals surface area contributed by atoms with Crippen LogP contribution in [0.15, 0.2) is 12.2 Å². The second-order valence-corrected chi connectivity index (χ2v) is 3.60. The molecule has 11 heavy (non-hydrogen) atoms. The molecule has 0 aromatic carbocycles. The van der Waals surface area contributed by atoms with Crippen molar-refractivity contribution in [3.63, 3.8) is 0 Å². The van der Waals surface area contributed by atoms with E-state index in [-0.39, 0.29) is 0 Å². The van der Waals surface area contributed by atoms with Crippen molar-refractivity contribution in [1.29, 1.82) is 0 Å². The number of hydrogen-bond donors (Lipinski definition) is 0. The standard InChI is InChI=1S/C9H12O2/c1-2-4-7-9(11-7)5-8-6(3-1)10-8/h1-2,6-9H,3-5H2/t6-,7+,8-,9+. The van der Waals surface area contributed by atoms with Crippen molar-refractivity contribution in [1.82, 2.24) is 0 Å². The monoisotopic (exact) mass is 152 g/mol. The Bertz CT molecular complexity index is 180. The summed E-state index contributed by atoms with van der Waals surface area (Å²) in [4.78, 5) is 0. The maximum atomic E-state index is 5.46. The highest BCUT2D eigenvalue weighted by atomic mass is 16.6. The number of epoxide rings is 2. The minimum absolute atomic E-state index is 0.521. The molecule has 2 nitrogen and oxygen atoms in total. The Morgan fingerprint density at radius 2 is 1.36 bits per heavy atom. The summed E-state index contributed by atoms with van der Waals surface area (Å²) in [6.07, 6.45) is 9.91. The van der Waals surface area contributed by atoms with Gasteiger partial charge in [-0.15, -0.1) is 0 Å². The van der Waals surface area contributed by atoms with Gasteiger partial charge in [0.1, 0.15) is 0 Å². The van der Waals surface area contributed by atoms with Crippen molar-refractivity contribution < 1.29 is 9.47 Å². The van der Waals surface area contributed by atoms with E-state index in [9.17, 15) is 0 Å². The van der Waals surface area contributed by atoms with Crippen LogP contribution in [0.2, 0.25) is 0 Å². The maximum absolute atomic E-state index is 5.46. The second-order valence-electron chi connectivity index (χ2n) is 3.60. The Morgan fingerprint density at radius 3 is 1.91 bits per heavy atom. The van der Waals surface area contributed by atoms with E-state index in [0.717, 1.165) is 19.3 Å². The van der Waals surface area contributed by atoms with E-state index in [4.69, 9.17) is 9.47 Å². The molecule has 2 aliphatic heterocycles. The van der Waals surface area contributed by atoms with Crippen molar-refractivity contribution in [2.75, 3.05) is 0 Å². The lowest BCUT2D eigenvalue weighted by atomic mass is 10.1. The highest BCUT2D eigenvalue weighted by Crippen LogP contribution is 2.39. The van der Waals surface area contributed by atoms with Crippen LogP contribution in [0, 0.1) is 0 Å². The van der Waals surface area contributed by atoms with E-state index in [2.05, 4.69) is 12.2 Å². The second kappa shape index (κ2) is 2.08. The normalized spacial score (nSPS) is 53.1. The molecule has 2 heteroatoms. The van der Waals surface area contributed by atoms with Crippen LogP contribution < -0.4 is 0 Å². The maximum Gasteiger partial charge on any atom is 0.0877 e. The number of hydrogen-bond acceptors (Lipinski definition) is 2. The molecule has 2 fully saturated rings. The third kappa shape index (κ3) is 1.10. The van der Waals surface area contributed by atoms with Crippen LogP contribution in [0.25, 0.3) is 0 Å². The average Bonchev–Trinajstić information content (AvgIpc) is 2.87. The molecule has 2 heterocycles. The zero-order valence-electron chi connectivity index (χ0n) is 6.40. The van der Waals surface area contributed by atoms with Crippen LogP contribution in [-0.4, -0.2) is 24.4 Å². The predicted molar refractivity (Wildman–Crippen MR) is 40.3 cm³/mol. The first-order chi connectivity index (χ1) is 5.43. The smallest absolute Gasteiger partial charge is 0.0877 e. The van der Waals surface area contributed by atoms with Gasteiger partial charge in [-0.2, -0.15) is 0 Å². The van der Waals surface area contributed by atoms with Crippen molar-refractivity contribution >= 4 is 0 Å². The number of fused-ring (bicyclic) bond motifs is 2. The summed E-state index contributed by atoms with van der Waals surface area (Å²) < 4.78 is 10.9. The molecule has 0 bridgehead atoms. The van der Waals surface area contributed by atoms with Gasteiger partial charge in [-0.25, -0.2) is 0 Å². The van der Waals surface area contributed by atoms with E-state index in [1.54, 1.807) is 0 Å². The number of ether oxygens (including phenoxy) is 2. The Morgan fingerprint density at radius 1 is 0.818 bits per heavy atom. The van der Waals surface area contributed by atoms with Crippen LogP contribution in [-0.2, 0) is 9.47 Å². The predicted octanol–water partition coefficient (Wildman–Crippen LogP) is 1.26. The van der Waals surface area contributed by atoms with E-state index >= 15 is 0 Å². The van der Waals surface area contributed by atoms with E-state index in [0.29, 0.717) is 24.4 Å². The lowest BCUT2D eigenvalue weighted by Gasteiger charge is -1.85. The molecular formula is C9H12O2. The van der Waals surface area contributed by atoms with Gasteiger partial charge < -0.3 is 9.47 Å². The zero-order chi connectivity index (χ0) is 7.26. The topological polar surface area (TPSA) is 25.1 Å². The lowest BCUT2D eigenvalue weighted by molar-refractivity contribution is 0.325. The minimum atomic E-state index is 0.521. The van der Waals surface area contributed by atoms with Crippen LogP contribution in [0.5, 0.6) is 0 Å². The van der Waals surface area contributed by atoms with Crippen molar-refractivity contribution in [3.8, 4) is 0 Å². The largest absolute Gasteiger partial charge is 0.369 e. The van der Waals surface area contributed by atoms with Crippen LogP contribution >= 0.6 is 0 Å². The molecule has 0 spiro atoms. The summed E-state index contributed by atoms with van der Waals surface area (Å²) in [5.74, 6) is 0. The van der Waals surface area contributed by atoms with Gasteiger partial charge in [0.15, 0.2) is 0 Å². The highest BCUT2D eigenvalue weighted by molar-refractivity contribution is 5.03. The zero-order valence-corrected chi connectivity index (χ0v) is 6.40. The average molecular weight is 152 g/mol. The molecule has 0 N–H and O–H groups in total. The highest BCUT2D eigenvalue weighted by Gasteiger charge is 2.47. The van der Waals surface area contributed by atoms with Gasteiger partial charge in [0.05, 0.1) is 24.4 Å². The Balaban J connectivity index is 1.71. The Labute approximate surface area is 66.2 Å². The van der Waals surface area contributed by atoms with Crippen molar-refractivity contribution in [2.45, 2.75) is 43.7 Å². The molecule has 3 aliphatic rings. The van der Waals surface area contributed by atoms with Gasteiger partial charge in [-0.05, 0) is 12.8 Å². The van der Waals surface area contributed by atoms with Gasteiger partial charge in [0.25, 0.3) is 0 Å². The molecular weight excluding hydrogens is 140 g/mol. The van der Waals surface area contributed by atoms with Crippen LogP contribution in [0.1, 0.15) is 19.3 Å². The molecule has 0 aromatic rings. The first-order valence-corrected chi connectivity index (χ1v) is 4.39. The third-order valence-corrected chi connectivity index (χ3v) is 2.74. The molecule has 3 rings (SSSR count). The van der Waals surface area contributed by atoms with E-state index < -0.39 is 0 Å². The summed E-state index contributed by atoms with van der Waals surface area (Å²) in [6, 6.07) is 0. The van der Waals surface area contributed by atoms with Crippen LogP contribution in [0.4, 0.5) is 0 Å². The molecule has 0 unspecified atom stereocenters. The van der Waals surface area contributed by atoms with Gasteiger partial charge in [0, 0.05) is 6.42 Å².